The second-order valence-corrected chi connectivity index (χ2v) is 4.37. The Hall–Kier alpha value is -1.61. The maximum Gasteiger partial charge on any atom is 0.151 e. The first kappa shape index (κ1) is 10.5. The van der Waals surface area contributed by atoms with Gasteiger partial charge in [-0.2, -0.15) is 0 Å². The molecule has 4 heteroatoms. The van der Waals surface area contributed by atoms with Crippen LogP contribution in [0, 0.1) is 0 Å². The molecule has 1 aliphatic heterocycles. The summed E-state index contributed by atoms with van der Waals surface area (Å²) in [6.45, 7) is 0.769. The number of aromatic nitrogens is 2. The largest absolute Gasteiger partial charge is 0.493 e. The molecule has 0 aliphatic carbocycles. The van der Waals surface area contributed by atoms with E-state index in [1.165, 1.54) is 5.56 Å². The van der Waals surface area contributed by atoms with Gasteiger partial charge in [-0.3, -0.25) is 0 Å². The molecule has 2 aromatic rings. The van der Waals surface area contributed by atoms with Crippen LogP contribution in [0.15, 0.2) is 30.3 Å². The van der Waals surface area contributed by atoms with E-state index in [9.17, 15) is 0 Å². The zero-order valence-electron chi connectivity index (χ0n) is 9.19. The third-order valence-corrected chi connectivity index (χ3v) is 3.04. The molecule has 0 bridgehead atoms. The zero-order chi connectivity index (χ0) is 11.7. The van der Waals surface area contributed by atoms with E-state index < -0.39 is 0 Å². The predicted octanol–water partition coefficient (Wildman–Crippen LogP) is 3.12. The molecular weight excluding hydrogens is 236 g/mol. The highest BCUT2D eigenvalue weighted by Crippen LogP contribution is 2.35. The molecule has 0 radical (unpaired) electrons. The third kappa shape index (κ3) is 1.98. The van der Waals surface area contributed by atoms with E-state index in [1.807, 2.05) is 18.2 Å². The van der Waals surface area contributed by atoms with Crippen LogP contribution in [0.2, 0.25) is 5.15 Å². The molecule has 1 aliphatic rings. The molecule has 0 amide bonds. The summed E-state index contributed by atoms with van der Waals surface area (Å²) in [5.41, 5.74) is 3.03. The summed E-state index contributed by atoms with van der Waals surface area (Å²) >= 11 is 5.74. The first-order valence-corrected chi connectivity index (χ1v) is 5.97. The van der Waals surface area contributed by atoms with Crippen LogP contribution < -0.4 is 4.74 Å². The summed E-state index contributed by atoms with van der Waals surface area (Å²) in [5.74, 6) is 0.940. The molecule has 0 unspecified atom stereocenters. The SMILES string of the molecule is Clc1ccc(-c2cccc3c2OCCC3)nn1. The lowest BCUT2D eigenvalue weighted by atomic mass is 10.0. The van der Waals surface area contributed by atoms with Gasteiger partial charge in [-0.1, -0.05) is 23.7 Å². The zero-order valence-corrected chi connectivity index (χ0v) is 9.94. The highest BCUT2D eigenvalue weighted by Gasteiger charge is 2.16. The van der Waals surface area contributed by atoms with Crippen LogP contribution in [0.5, 0.6) is 5.75 Å². The van der Waals surface area contributed by atoms with Crippen molar-refractivity contribution in [2.45, 2.75) is 12.8 Å². The van der Waals surface area contributed by atoms with Gasteiger partial charge in [0.1, 0.15) is 5.75 Å². The fraction of sp³-hybridized carbons (Fsp3) is 0.231. The van der Waals surface area contributed by atoms with Crippen molar-refractivity contribution in [1.82, 2.24) is 10.2 Å². The van der Waals surface area contributed by atoms with Gasteiger partial charge >= 0.3 is 0 Å². The van der Waals surface area contributed by atoms with Gasteiger partial charge in [0.05, 0.1) is 12.3 Å². The van der Waals surface area contributed by atoms with E-state index in [2.05, 4.69) is 16.3 Å². The lowest BCUT2D eigenvalue weighted by molar-refractivity contribution is 0.289. The summed E-state index contributed by atoms with van der Waals surface area (Å²) in [6, 6.07) is 9.73. The van der Waals surface area contributed by atoms with Crippen LogP contribution in [0.1, 0.15) is 12.0 Å². The standard InChI is InChI=1S/C13H11ClN2O/c14-12-7-6-11(15-16-12)10-5-1-3-9-4-2-8-17-13(9)10/h1,3,5-7H,2,4,8H2. The average molecular weight is 247 g/mol. The second kappa shape index (κ2) is 4.34. The molecular formula is C13H11ClN2O. The Morgan fingerprint density at radius 1 is 1.12 bits per heavy atom. The van der Waals surface area contributed by atoms with Crippen molar-refractivity contribution in [3.8, 4) is 17.0 Å². The summed E-state index contributed by atoms with van der Waals surface area (Å²) < 4.78 is 5.74. The lowest BCUT2D eigenvalue weighted by Crippen LogP contribution is -2.09. The molecule has 0 saturated carbocycles. The van der Waals surface area contributed by atoms with Crippen molar-refractivity contribution in [3.63, 3.8) is 0 Å². The fourth-order valence-electron chi connectivity index (χ4n) is 2.05. The molecule has 0 spiro atoms. The number of nitrogens with zero attached hydrogens (tertiary/aromatic N) is 2. The quantitative estimate of drug-likeness (QED) is 0.776. The monoisotopic (exact) mass is 246 g/mol. The number of rotatable bonds is 1. The van der Waals surface area contributed by atoms with Crippen LogP contribution in [0.4, 0.5) is 0 Å². The van der Waals surface area contributed by atoms with Crippen molar-refractivity contribution in [2.75, 3.05) is 6.61 Å². The van der Waals surface area contributed by atoms with Crippen molar-refractivity contribution >= 4 is 11.6 Å². The van der Waals surface area contributed by atoms with Crippen molar-refractivity contribution < 1.29 is 4.74 Å². The number of hydrogen-bond acceptors (Lipinski definition) is 3. The Balaban J connectivity index is 2.11. The Bertz CT molecular complexity index is 540. The van der Waals surface area contributed by atoms with Crippen LogP contribution in [-0.4, -0.2) is 16.8 Å². The molecule has 17 heavy (non-hydrogen) atoms. The Labute approximate surface area is 104 Å². The molecule has 0 saturated heterocycles. The van der Waals surface area contributed by atoms with E-state index in [0.717, 1.165) is 36.5 Å². The summed E-state index contributed by atoms with van der Waals surface area (Å²) in [4.78, 5) is 0. The molecule has 2 heterocycles. The normalized spacial score (nSPS) is 13.9. The minimum atomic E-state index is 0.402. The maximum atomic E-state index is 5.74. The molecule has 3 nitrogen and oxygen atoms in total. The lowest BCUT2D eigenvalue weighted by Gasteiger charge is -2.19. The average Bonchev–Trinajstić information content (AvgIpc) is 2.39. The highest BCUT2D eigenvalue weighted by atomic mass is 35.5. The topological polar surface area (TPSA) is 35.0 Å². The van der Waals surface area contributed by atoms with E-state index in [0.29, 0.717) is 5.15 Å². The number of hydrogen-bond donors (Lipinski definition) is 0. The van der Waals surface area contributed by atoms with Crippen LogP contribution >= 0.6 is 11.6 Å². The van der Waals surface area contributed by atoms with E-state index in [1.54, 1.807) is 6.07 Å². The van der Waals surface area contributed by atoms with Gasteiger partial charge in [0.25, 0.3) is 0 Å². The number of benzene rings is 1. The van der Waals surface area contributed by atoms with Gasteiger partial charge in [0.2, 0.25) is 0 Å². The molecule has 0 N–H and O–H groups in total. The minimum Gasteiger partial charge on any atom is -0.493 e. The van der Waals surface area contributed by atoms with Gasteiger partial charge in [-0.25, -0.2) is 0 Å². The maximum absolute atomic E-state index is 5.74. The summed E-state index contributed by atoms with van der Waals surface area (Å²) in [6.07, 6.45) is 2.13. The number of fused-ring (bicyclic) bond motifs is 1. The molecule has 1 aromatic heterocycles. The van der Waals surface area contributed by atoms with E-state index in [-0.39, 0.29) is 0 Å². The molecule has 3 rings (SSSR count). The summed E-state index contributed by atoms with van der Waals surface area (Å²) in [5, 5.41) is 8.36. The molecule has 86 valence electrons. The van der Waals surface area contributed by atoms with Gasteiger partial charge in [0.15, 0.2) is 5.15 Å². The fourth-order valence-corrected chi connectivity index (χ4v) is 2.15. The number of ether oxygens (including phenoxy) is 1. The van der Waals surface area contributed by atoms with E-state index >= 15 is 0 Å². The molecule has 0 atom stereocenters. The third-order valence-electron chi connectivity index (χ3n) is 2.84. The Morgan fingerprint density at radius 2 is 2.06 bits per heavy atom. The van der Waals surface area contributed by atoms with Gasteiger partial charge in [0, 0.05) is 5.56 Å². The van der Waals surface area contributed by atoms with E-state index in [4.69, 9.17) is 16.3 Å². The highest BCUT2D eigenvalue weighted by molar-refractivity contribution is 6.29. The van der Waals surface area contributed by atoms with Crippen LogP contribution in [0.3, 0.4) is 0 Å². The number of para-hydroxylation sites is 1. The van der Waals surface area contributed by atoms with Crippen molar-refractivity contribution in [3.05, 3.63) is 41.0 Å². The van der Waals surface area contributed by atoms with Crippen molar-refractivity contribution in [2.24, 2.45) is 0 Å². The Morgan fingerprint density at radius 3 is 2.88 bits per heavy atom. The first-order valence-electron chi connectivity index (χ1n) is 5.59. The van der Waals surface area contributed by atoms with Gasteiger partial charge in [-0.15, -0.1) is 10.2 Å². The second-order valence-electron chi connectivity index (χ2n) is 3.99. The molecule has 0 fully saturated rings. The first-order chi connectivity index (χ1) is 8.34. The predicted molar refractivity (Wildman–Crippen MR) is 66.3 cm³/mol. The minimum absolute atomic E-state index is 0.402. The van der Waals surface area contributed by atoms with Crippen LogP contribution in [0.25, 0.3) is 11.3 Å². The number of aryl methyl sites for hydroxylation is 1. The number of halogens is 1. The van der Waals surface area contributed by atoms with Crippen molar-refractivity contribution in [1.29, 1.82) is 0 Å². The summed E-state index contributed by atoms with van der Waals surface area (Å²) in [7, 11) is 0. The smallest absolute Gasteiger partial charge is 0.151 e. The Kier molecular flexibility index (Phi) is 2.69. The van der Waals surface area contributed by atoms with Crippen LogP contribution in [-0.2, 0) is 6.42 Å². The van der Waals surface area contributed by atoms with Gasteiger partial charge < -0.3 is 4.74 Å². The molecule has 1 aromatic carbocycles. The van der Waals surface area contributed by atoms with Gasteiger partial charge in [-0.05, 0) is 36.6 Å².